The van der Waals surface area contributed by atoms with Gasteiger partial charge in [0, 0.05) is 5.56 Å². The zero-order chi connectivity index (χ0) is 12.7. The molecule has 0 spiro atoms. The van der Waals surface area contributed by atoms with E-state index in [4.69, 9.17) is 11.6 Å². The van der Waals surface area contributed by atoms with E-state index < -0.39 is 5.38 Å². The molecule has 0 aliphatic rings. The van der Waals surface area contributed by atoms with Crippen molar-refractivity contribution in [3.63, 3.8) is 0 Å². The summed E-state index contributed by atoms with van der Waals surface area (Å²) in [6.07, 6.45) is 6.19. The van der Waals surface area contributed by atoms with Crippen LogP contribution in [0, 0.1) is 0 Å². The second kappa shape index (κ2) is 7.50. The van der Waals surface area contributed by atoms with Crippen LogP contribution < -0.4 is 0 Å². The first kappa shape index (κ1) is 14.2. The molecule has 0 saturated heterocycles. The van der Waals surface area contributed by atoms with Crippen molar-refractivity contribution in [2.24, 2.45) is 0 Å². The third kappa shape index (κ3) is 4.91. The lowest BCUT2D eigenvalue weighted by atomic mass is 10.0. The number of benzene rings is 1. The molecule has 0 saturated carbocycles. The molecule has 17 heavy (non-hydrogen) atoms. The van der Waals surface area contributed by atoms with E-state index in [9.17, 15) is 4.79 Å². The predicted molar refractivity (Wildman–Crippen MR) is 73.9 cm³/mol. The van der Waals surface area contributed by atoms with Gasteiger partial charge in [0.2, 0.25) is 0 Å². The van der Waals surface area contributed by atoms with Gasteiger partial charge in [-0.25, -0.2) is 0 Å². The molecule has 0 heterocycles. The van der Waals surface area contributed by atoms with E-state index in [1.54, 1.807) is 6.92 Å². The van der Waals surface area contributed by atoms with Crippen LogP contribution in [0.4, 0.5) is 0 Å². The molecule has 0 N–H and O–H groups in total. The summed E-state index contributed by atoms with van der Waals surface area (Å²) in [4.78, 5) is 11.6. The van der Waals surface area contributed by atoms with E-state index in [0.717, 1.165) is 6.42 Å². The van der Waals surface area contributed by atoms with Gasteiger partial charge in [-0.1, -0.05) is 50.5 Å². The average Bonchev–Trinajstić information content (AvgIpc) is 2.34. The van der Waals surface area contributed by atoms with Gasteiger partial charge in [-0.3, -0.25) is 4.79 Å². The Morgan fingerprint density at radius 1 is 1.18 bits per heavy atom. The van der Waals surface area contributed by atoms with Crippen molar-refractivity contribution in [1.29, 1.82) is 0 Å². The van der Waals surface area contributed by atoms with E-state index >= 15 is 0 Å². The van der Waals surface area contributed by atoms with Gasteiger partial charge in [0.05, 0.1) is 5.38 Å². The summed E-state index contributed by atoms with van der Waals surface area (Å²) in [5, 5.41) is -0.439. The van der Waals surface area contributed by atoms with Crippen molar-refractivity contribution in [2.45, 2.75) is 51.3 Å². The van der Waals surface area contributed by atoms with Crippen molar-refractivity contribution in [3.05, 3.63) is 35.4 Å². The Morgan fingerprint density at radius 3 is 2.35 bits per heavy atom. The number of carbonyl (C=O) groups is 1. The van der Waals surface area contributed by atoms with Crippen LogP contribution in [0.3, 0.4) is 0 Å². The number of hydrogen-bond acceptors (Lipinski definition) is 1. The number of unbranched alkanes of at least 4 members (excludes halogenated alkanes) is 3. The number of ketones is 1. The highest BCUT2D eigenvalue weighted by Gasteiger charge is 2.11. The molecule has 2 heteroatoms. The van der Waals surface area contributed by atoms with E-state index in [-0.39, 0.29) is 5.78 Å². The SMILES string of the molecule is CCCCCCc1ccc(C(=O)C(C)Cl)cc1. The van der Waals surface area contributed by atoms with E-state index in [0.29, 0.717) is 5.56 Å². The number of hydrogen-bond donors (Lipinski definition) is 0. The van der Waals surface area contributed by atoms with Gasteiger partial charge in [-0.2, -0.15) is 0 Å². The lowest BCUT2D eigenvalue weighted by Gasteiger charge is -2.05. The Balaban J connectivity index is 2.47. The maximum atomic E-state index is 11.6. The number of rotatable bonds is 7. The molecule has 0 aliphatic heterocycles. The van der Waals surface area contributed by atoms with Crippen LogP contribution in [0.5, 0.6) is 0 Å². The standard InChI is InChI=1S/C15H21ClO/c1-3-4-5-6-7-13-8-10-14(11-9-13)15(17)12(2)16/h8-12H,3-7H2,1-2H3. The second-order valence-electron chi connectivity index (χ2n) is 4.49. The summed E-state index contributed by atoms with van der Waals surface area (Å²) in [6, 6.07) is 7.85. The van der Waals surface area contributed by atoms with Gasteiger partial charge in [-0.15, -0.1) is 11.6 Å². The summed E-state index contributed by atoms with van der Waals surface area (Å²) in [7, 11) is 0. The molecular formula is C15H21ClO. The molecule has 1 unspecified atom stereocenters. The van der Waals surface area contributed by atoms with Crippen LogP contribution in [0.1, 0.15) is 55.5 Å². The number of halogens is 1. The number of Topliss-reactive ketones (excluding diaryl/α,β-unsaturated/α-hetero) is 1. The van der Waals surface area contributed by atoms with Gasteiger partial charge < -0.3 is 0 Å². The Hall–Kier alpha value is -0.820. The summed E-state index contributed by atoms with van der Waals surface area (Å²) in [5.74, 6) is 0.00389. The minimum Gasteiger partial charge on any atom is -0.293 e. The lowest BCUT2D eigenvalue weighted by Crippen LogP contribution is -2.10. The van der Waals surface area contributed by atoms with Gasteiger partial charge in [0.1, 0.15) is 0 Å². The minimum atomic E-state index is -0.439. The van der Waals surface area contributed by atoms with Crippen LogP contribution in [0.25, 0.3) is 0 Å². The van der Waals surface area contributed by atoms with Gasteiger partial charge in [0.25, 0.3) is 0 Å². The number of alkyl halides is 1. The smallest absolute Gasteiger partial charge is 0.180 e. The van der Waals surface area contributed by atoms with Gasteiger partial charge in [-0.05, 0) is 25.3 Å². The summed E-state index contributed by atoms with van der Waals surface area (Å²) in [6.45, 7) is 3.93. The minimum absolute atomic E-state index is 0.00389. The maximum absolute atomic E-state index is 11.6. The fourth-order valence-electron chi connectivity index (χ4n) is 1.82. The predicted octanol–water partition coefficient (Wildman–Crippen LogP) is 4.62. The molecule has 0 aromatic heterocycles. The molecule has 0 amide bonds. The molecule has 1 atom stereocenters. The summed E-state index contributed by atoms with van der Waals surface area (Å²) >= 11 is 5.77. The third-order valence-corrected chi connectivity index (χ3v) is 3.12. The second-order valence-corrected chi connectivity index (χ2v) is 5.14. The number of carbonyl (C=O) groups excluding carboxylic acids is 1. The summed E-state index contributed by atoms with van der Waals surface area (Å²) < 4.78 is 0. The normalized spacial score (nSPS) is 12.4. The quantitative estimate of drug-likeness (QED) is 0.393. The summed E-state index contributed by atoms with van der Waals surface area (Å²) in [5.41, 5.74) is 2.02. The molecule has 1 rings (SSSR count). The molecule has 1 aromatic carbocycles. The highest BCUT2D eigenvalue weighted by molar-refractivity contribution is 6.33. The third-order valence-electron chi connectivity index (χ3n) is 2.92. The molecule has 94 valence electrons. The van der Waals surface area contributed by atoms with Gasteiger partial charge >= 0.3 is 0 Å². The highest BCUT2D eigenvalue weighted by Crippen LogP contribution is 2.12. The fourth-order valence-corrected chi connectivity index (χ4v) is 1.95. The first-order valence-electron chi connectivity index (χ1n) is 6.42. The molecule has 0 radical (unpaired) electrons. The number of aryl methyl sites for hydroxylation is 1. The van der Waals surface area contributed by atoms with E-state index in [1.165, 1.54) is 31.2 Å². The monoisotopic (exact) mass is 252 g/mol. The lowest BCUT2D eigenvalue weighted by molar-refractivity contribution is 0.0992. The molecular weight excluding hydrogens is 232 g/mol. The first-order valence-corrected chi connectivity index (χ1v) is 6.86. The van der Waals surface area contributed by atoms with Crippen LogP contribution in [0.15, 0.2) is 24.3 Å². The van der Waals surface area contributed by atoms with E-state index in [1.807, 2.05) is 24.3 Å². The molecule has 1 nitrogen and oxygen atoms in total. The van der Waals surface area contributed by atoms with Gasteiger partial charge in [0.15, 0.2) is 5.78 Å². The van der Waals surface area contributed by atoms with Crippen LogP contribution >= 0.6 is 11.6 Å². The fraction of sp³-hybridized carbons (Fsp3) is 0.533. The van der Waals surface area contributed by atoms with Crippen LogP contribution in [-0.2, 0) is 6.42 Å². The zero-order valence-corrected chi connectivity index (χ0v) is 11.5. The Labute approximate surface area is 109 Å². The average molecular weight is 253 g/mol. The first-order chi connectivity index (χ1) is 8.15. The van der Waals surface area contributed by atoms with Crippen molar-refractivity contribution >= 4 is 17.4 Å². The Bertz CT molecular complexity index is 340. The largest absolute Gasteiger partial charge is 0.293 e. The molecule has 1 aromatic rings. The highest BCUT2D eigenvalue weighted by atomic mass is 35.5. The van der Waals surface area contributed by atoms with Crippen molar-refractivity contribution in [1.82, 2.24) is 0 Å². The molecule has 0 aliphatic carbocycles. The Kier molecular flexibility index (Phi) is 6.28. The van der Waals surface area contributed by atoms with Crippen LogP contribution in [0.2, 0.25) is 0 Å². The van der Waals surface area contributed by atoms with Crippen molar-refractivity contribution in [2.75, 3.05) is 0 Å². The van der Waals surface area contributed by atoms with Crippen molar-refractivity contribution < 1.29 is 4.79 Å². The topological polar surface area (TPSA) is 17.1 Å². The van der Waals surface area contributed by atoms with Crippen molar-refractivity contribution in [3.8, 4) is 0 Å². The molecule has 0 bridgehead atoms. The van der Waals surface area contributed by atoms with Crippen LogP contribution in [-0.4, -0.2) is 11.2 Å². The zero-order valence-electron chi connectivity index (χ0n) is 10.7. The maximum Gasteiger partial charge on any atom is 0.180 e. The molecule has 0 fully saturated rings. The Morgan fingerprint density at radius 2 is 1.82 bits per heavy atom. The van der Waals surface area contributed by atoms with E-state index in [2.05, 4.69) is 6.92 Å².